The van der Waals surface area contributed by atoms with E-state index in [-0.39, 0.29) is 5.91 Å². The lowest BCUT2D eigenvalue weighted by Crippen LogP contribution is -2.46. The van der Waals surface area contributed by atoms with Crippen molar-refractivity contribution < 1.29 is 14.3 Å². The minimum atomic E-state index is -0.544. The molecule has 1 unspecified atom stereocenters. The van der Waals surface area contributed by atoms with Gasteiger partial charge in [0.05, 0.1) is 23.6 Å². The summed E-state index contributed by atoms with van der Waals surface area (Å²) in [4.78, 5) is 23.8. The number of carbonyl (C=O) groups excluding carboxylic acids is 1. The maximum Gasteiger partial charge on any atom is 0.267 e. The number of amides is 1. The molecular weight excluding hydrogens is 434 g/mol. The van der Waals surface area contributed by atoms with Crippen LogP contribution in [0, 0.1) is 6.92 Å². The molecule has 7 heteroatoms. The van der Waals surface area contributed by atoms with Gasteiger partial charge < -0.3 is 14.4 Å². The van der Waals surface area contributed by atoms with Crippen molar-refractivity contribution >= 4 is 22.9 Å². The summed E-state index contributed by atoms with van der Waals surface area (Å²) in [5.41, 5.74) is 4.51. The maximum absolute atomic E-state index is 12.9. The van der Waals surface area contributed by atoms with Crippen molar-refractivity contribution in [1.82, 2.24) is 9.97 Å². The molecule has 4 aromatic rings. The normalized spacial score (nSPS) is 15.2. The first-order valence-electron chi connectivity index (χ1n) is 10.8. The zero-order chi connectivity index (χ0) is 22.8. The molecule has 0 saturated heterocycles. The summed E-state index contributed by atoms with van der Waals surface area (Å²) in [5, 5.41) is 2.86. The van der Waals surface area contributed by atoms with Gasteiger partial charge in [0.25, 0.3) is 5.91 Å². The van der Waals surface area contributed by atoms with Crippen molar-refractivity contribution in [3.63, 3.8) is 0 Å². The second kappa shape index (κ2) is 9.03. The molecule has 166 valence electrons. The van der Waals surface area contributed by atoms with E-state index < -0.39 is 6.10 Å². The van der Waals surface area contributed by atoms with E-state index in [1.165, 1.54) is 5.56 Å². The molecule has 2 aromatic carbocycles. The van der Waals surface area contributed by atoms with E-state index in [9.17, 15) is 4.79 Å². The van der Waals surface area contributed by atoms with Gasteiger partial charge in [-0.25, -0.2) is 4.98 Å². The van der Waals surface area contributed by atoms with Crippen molar-refractivity contribution in [2.24, 2.45) is 0 Å². The fourth-order valence-electron chi connectivity index (χ4n) is 3.70. The van der Waals surface area contributed by atoms with Gasteiger partial charge in [0.1, 0.15) is 23.1 Å². The van der Waals surface area contributed by atoms with Crippen LogP contribution in [0.15, 0.2) is 72.2 Å². The minimum Gasteiger partial charge on any atom is -0.492 e. The molecule has 1 amide bonds. The Kier molecular flexibility index (Phi) is 5.79. The van der Waals surface area contributed by atoms with Gasteiger partial charge in [-0.15, -0.1) is 11.3 Å². The van der Waals surface area contributed by atoms with Crippen molar-refractivity contribution in [1.29, 1.82) is 0 Å². The van der Waals surface area contributed by atoms with Crippen LogP contribution in [0.1, 0.15) is 12.5 Å². The molecule has 0 saturated carbocycles. The van der Waals surface area contributed by atoms with E-state index in [2.05, 4.69) is 4.98 Å². The van der Waals surface area contributed by atoms with Gasteiger partial charge in [0.2, 0.25) is 0 Å². The third-order valence-corrected chi connectivity index (χ3v) is 6.32. The molecular formula is C26H23N3O3S. The van der Waals surface area contributed by atoms with Crippen molar-refractivity contribution in [2.75, 3.05) is 18.1 Å². The van der Waals surface area contributed by atoms with Crippen molar-refractivity contribution in [2.45, 2.75) is 20.0 Å². The molecule has 2 aromatic heterocycles. The number of pyridine rings is 1. The fraction of sp³-hybridized carbons (Fsp3) is 0.192. The molecule has 3 heterocycles. The summed E-state index contributed by atoms with van der Waals surface area (Å²) in [6.45, 7) is 4.61. The predicted molar refractivity (Wildman–Crippen MR) is 130 cm³/mol. The standard InChI is InChI=1S/C26H23N3O3S/c1-17-6-9-20(10-7-17)31-14-13-29-23-15-19(8-11-24(23)32-18(2)26(29)30)22-16-33-25(28-22)21-5-3-4-12-27-21/h3-12,15-16,18H,13-14H2,1-2H3. The fourth-order valence-corrected chi connectivity index (χ4v) is 4.50. The number of hydrogen-bond donors (Lipinski definition) is 0. The van der Waals surface area contributed by atoms with Gasteiger partial charge in [0.15, 0.2) is 6.10 Å². The number of ether oxygens (including phenoxy) is 2. The Morgan fingerprint density at radius 2 is 1.94 bits per heavy atom. The highest BCUT2D eigenvalue weighted by Crippen LogP contribution is 2.38. The quantitative estimate of drug-likeness (QED) is 0.389. The summed E-state index contributed by atoms with van der Waals surface area (Å²) in [5.74, 6) is 1.38. The van der Waals surface area contributed by atoms with Gasteiger partial charge >= 0.3 is 0 Å². The van der Waals surface area contributed by atoms with Crippen LogP contribution in [-0.4, -0.2) is 35.1 Å². The van der Waals surface area contributed by atoms with Crippen LogP contribution < -0.4 is 14.4 Å². The highest BCUT2D eigenvalue weighted by Gasteiger charge is 2.31. The van der Waals surface area contributed by atoms with E-state index in [1.54, 1.807) is 29.4 Å². The molecule has 6 nitrogen and oxygen atoms in total. The smallest absolute Gasteiger partial charge is 0.267 e. The molecule has 0 fully saturated rings. The van der Waals surface area contributed by atoms with Crippen LogP contribution in [0.25, 0.3) is 22.0 Å². The Bertz CT molecular complexity index is 1270. The number of anilines is 1. The van der Waals surface area contributed by atoms with Crippen LogP contribution in [0.2, 0.25) is 0 Å². The Hall–Kier alpha value is -3.71. The first kappa shape index (κ1) is 21.2. The molecule has 0 radical (unpaired) electrons. The highest BCUT2D eigenvalue weighted by atomic mass is 32.1. The lowest BCUT2D eigenvalue weighted by Gasteiger charge is -2.33. The second-order valence-electron chi connectivity index (χ2n) is 7.85. The van der Waals surface area contributed by atoms with Crippen molar-refractivity contribution in [3.05, 3.63) is 77.8 Å². The monoisotopic (exact) mass is 457 g/mol. The molecule has 0 bridgehead atoms. The van der Waals surface area contributed by atoms with E-state index in [0.717, 1.165) is 33.4 Å². The van der Waals surface area contributed by atoms with Crippen LogP contribution in [-0.2, 0) is 4.79 Å². The maximum atomic E-state index is 12.9. The van der Waals surface area contributed by atoms with E-state index in [4.69, 9.17) is 14.5 Å². The number of thiazole rings is 1. The largest absolute Gasteiger partial charge is 0.492 e. The van der Waals surface area contributed by atoms with Crippen LogP contribution in [0.5, 0.6) is 11.5 Å². The third-order valence-electron chi connectivity index (χ3n) is 5.46. The third kappa shape index (κ3) is 4.45. The molecule has 0 N–H and O–H groups in total. The number of nitrogens with zero attached hydrogens (tertiary/aromatic N) is 3. The molecule has 0 aliphatic carbocycles. The zero-order valence-corrected chi connectivity index (χ0v) is 19.2. The van der Waals surface area contributed by atoms with E-state index >= 15 is 0 Å². The van der Waals surface area contributed by atoms with Gasteiger partial charge in [-0.1, -0.05) is 23.8 Å². The summed E-state index contributed by atoms with van der Waals surface area (Å²) in [6, 6.07) is 19.5. The summed E-state index contributed by atoms with van der Waals surface area (Å²) >= 11 is 1.54. The highest BCUT2D eigenvalue weighted by molar-refractivity contribution is 7.13. The average molecular weight is 458 g/mol. The Labute approximate surface area is 196 Å². The first-order chi connectivity index (χ1) is 16.1. The van der Waals surface area contributed by atoms with Gasteiger partial charge in [-0.05, 0) is 56.3 Å². The Morgan fingerprint density at radius 3 is 2.73 bits per heavy atom. The van der Waals surface area contributed by atoms with Crippen LogP contribution in [0.4, 0.5) is 5.69 Å². The molecule has 0 spiro atoms. The summed E-state index contributed by atoms with van der Waals surface area (Å²) in [6.07, 6.45) is 1.22. The van der Waals surface area contributed by atoms with E-state index in [1.807, 2.05) is 73.0 Å². The van der Waals surface area contributed by atoms with Crippen molar-refractivity contribution in [3.8, 4) is 33.5 Å². The topological polar surface area (TPSA) is 64.5 Å². The number of rotatable bonds is 6. The summed E-state index contributed by atoms with van der Waals surface area (Å²) in [7, 11) is 0. The van der Waals surface area contributed by atoms with Gasteiger partial charge in [0, 0.05) is 17.1 Å². The van der Waals surface area contributed by atoms with Gasteiger partial charge in [-0.2, -0.15) is 0 Å². The first-order valence-corrected chi connectivity index (χ1v) is 11.7. The Morgan fingerprint density at radius 1 is 1.09 bits per heavy atom. The molecule has 1 aliphatic rings. The number of carbonyl (C=O) groups is 1. The number of hydrogen-bond acceptors (Lipinski definition) is 6. The lowest BCUT2D eigenvalue weighted by atomic mass is 10.1. The number of aryl methyl sites for hydroxylation is 1. The molecule has 1 aliphatic heterocycles. The zero-order valence-electron chi connectivity index (χ0n) is 18.4. The number of aromatic nitrogens is 2. The van der Waals surface area contributed by atoms with Crippen LogP contribution in [0.3, 0.4) is 0 Å². The second-order valence-corrected chi connectivity index (χ2v) is 8.70. The summed E-state index contributed by atoms with van der Waals surface area (Å²) < 4.78 is 11.7. The minimum absolute atomic E-state index is 0.0837. The molecule has 5 rings (SSSR count). The van der Waals surface area contributed by atoms with Crippen LogP contribution >= 0.6 is 11.3 Å². The molecule has 33 heavy (non-hydrogen) atoms. The number of benzene rings is 2. The van der Waals surface area contributed by atoms with E-state index in [0.29, 0.717) is 18.9 Å². The predicted octanol–water partition coefficient (Wildman–Crippen LogP) is 5.37. The average Bonchev–Trinajstić information content (AvgIpc) is 3.33. The Balaban J connectivity index is 1.39. The number of fused-ring (bicyclic) bond motifs is 1. The lowest BCUT2D eigenvalue weighted by molar-refractivity contribution is -0.125. The SMILES string of the molecule is Cc1ccc(OCCN2C(=O)C(C)Oc3ccc(-c4csc(-c5ccccn5)n4)cc32)cc1. The molecule has 1 atom stereocenters. The van der Waals surface area contributed by atoms with Gasteiger partial charge in [-0.3, -0.25) is 9.78 Å².